The molecule has 2 N–H and O–H groups in total. The molecule has 0 aromatic heterocycles. The molecule has 0 spiro atoms. The number of fused-ring (bicyclic) bond motifs is 2. The van der Waals surface area contributed by atoms with Gasteiger partial charge in [-0.2, -0.15) is 0 Å². The predicted molar refractivity (Wildman–Crippen MR) is 104 cm³/mol. The molecule has 5 heteroatoms. The molecule has 3 amide bonds. The van der Waals surface area contributed by atoms with Gasteiger partial charge in [-0.05, 0) is 56.7 Å². The van der Waals surface area contributed by atoms with Gasteiger partial charge in [-0.1, -0.05) is 32.9 Å². The van der Waals surface area contributed by atoms with Gasteiger partial charge >= 0.3 is 6.03 Å². The third-order valence-electron chi connectivity index (χ3n) is 5.49. The Hall–Kier alpha value is -2.04. The van der Waals surface area contributed by atoms with Crippen molar-refractivity contribution < 1.29 is 9.59 Å². The van der Waals surface area contributed by atoms with E-state index < -0.39 is 0 Å². The third kappa shape index (κ3) is 4.19. The standard InChI is InChI=1S/C21H31N3O2/c1-14-7-5-8-15(11-14)23-20(26)24-17-9-6-10-18(24)13-16(12-17)22-19(25)21(2,3)4/h5,7-8,11,16-18H,6,9-10,12-13H2,1-4H3,(H,22,25)(H,23,26)/t16?,17-,18+. The summed E-state index contributed by atoms with van der Waals surface area (Å²) in [6, 6.07) is 8.47. The summed E-state index contributed by atoms with van der Waals surface area (Å²) >= 11 is 0. The molecule has 5 nitrogen and oxygen atoms in total. The monoisotopic (exact) mass is 357 g/mol. The van der Waals surface area contributed by atoms with Crippen molar-refractivity contribution >= 4 is 17.6 Å². The van der Waals surface area contributed by atoms with Gasteiger partial charge in [0.2, 0.25) is 5.91 Å². The average molecular weight is 357 g/mol. The van der Waals surface area contributed by atoms with Crippen molar-refractivity contribution in [3.8, 4) is 0 Å². The lowest BCUT2D eigenvalue weighted by molar-refractivity contribution is -0.129. The second-order valence-corrected chi connectivity index (χ2v) is 8.84. The molecule has 2 heterocycles. The molecule has 2 fully saturated rings. The fourth-order valence-electron chi connectivity index (χ4n) is 4.14. The fourth-order valence-corrected chi connectivity index (χ4v) is 4.14. The zero-order valence-electron chi connectivity index (χ0n) is 16.3. The minimum atomic E-state index is -0.380. The maximum absolute atomic E-state index is 12.9. The van der Waals surface area contributed by atoms with Crippen LogP contribution in [0.3, 0.4) is 0 Å². The summed E-state index contributed by atoms with van der Waals surface area (Å²) in [6.45, 7) is 7.84. The topological polar surface area (TPSA) is 61.4 Å². The van der Waals surface area contributed by atoms with E-state index in [2.05, 4.69) is 10.6 Å². The van der Waals surface area contributed by atoms with Crippen LogP contribution >= 0.6 is 0 Å². The van der Waals surface area contributed by atoms with E-state index in [9.17, 15) is 9.59 Å². The summed E-state index contributed by atoms with van der Waals surface area (Å²) in [6.07, 6.45) is 4.88. The number of hydrogen-bond donors (Lipinski definition) is 2. The normalized spacial score (nSPS) is 25.5. The Bertz CT molecular complexity index is 666. The molecule has 0 saturated carbocycles. The van der Waals surface area contributed by atoms with Gasteiger partial charge in [0.25, 0.3) is 0 Å². The Kier molecular flexibility index (Phi) is 5.26. The smallest absolute Gasteiger partial charge is 0.322 e. The van der Waals surface area contributed by atoms with E-state index >= 15 is 0 Å². The van der Waals surface area contributed by atoms with Gasteiger partial charge in [-0.3, -0.25) is 4.79 Å². The van der Waals surface area contributed by atoms with Crippen LogP contribution in [0.1, 0.15) is 58.4 Å². The highest BCUT2D eigenvalue weighted by Crippen LogP contribution is 2.35. The van der Waals surface area contributed by atoms with Gasteiger partial charge in [0.15, 0.2) is 0 Å². The lowest BCUT2D eigenvalue weighted by atomic mass is 9.81. The van der Waals surface area contributed by atoms with Crippen LogP contribution in [0.4, 0.5) is 10.5 Å². The van der Waals surface area contributed by atoms with Gasteiger partial charge in [0.1, 0.15) is 0 Å². The minimum Gasteiger partial charge on any atom is -0.353 e. The molecule has 26 heavy (non-hydrogen) atoms. The number of anilines is 1. The highest BCUT2D eigenvalue weighted by Gasteiger charge is 2.41. The molecule has 1 unspecified atom stereocenters. The maximum Gasteiger partial charge on any atom is 0.322 e. The van der Waals surface area contributed by atoms with Crippen molar-refractivity contribution in [3.05, 3.63) is 29.8 Å². The van der Waals surface area contributed by atoms with E-state index in [0.29, 0.717) is 0 Å². The first-order chi connectivity index (χ1) is 12.2. The molecule has 2 aliphatic rings. The van der Waals surface area contributed by atoms with E-state index in [1.165, 1.54) is 0 Å². The zero-order chi connectivity index (χ0) is 18.9. The van der Waals surface area contributed by atoms with Crippen LogP contribution in [0, 0.1) is 12.3 Å². The van der Waals surface area contributed by atoms with Gasteiger partial charge in [0, 0.05) is 29.2 Å². The molecule has 142 valence electrons. The first-order valence-electron chi connectivity index (χ1n) is 9.71. The lowest BCUT2D eigenvalue weighted by Crippen LogP contribution is -2.60. The van der Waals surface area contributed by atoms with Crippen LogP contribution in [0.25, 0.3) is 0 Å². The van der Waals surface area contributed by atoms with Crippen LogP contribution < -0.4 is 10.6 Å². The lowest BCUT2D eigenvalue weighted by Gasteiger charge is -2.49. The summed E-state index contributed by atoms with van der Waals surface area (Å²) in [5.74, 6) is 0.0956. The Balaban J connectivity index is 1.67. The number of nitrogens with one attached hydrogen (secondary N) is 2. The molecule has 3 rings (SSSR count). The van der Waals surface area contributed by atoms with Crippen molar-refractivity contribution in [3.63, 3.8) is 0 Å². The van der Waals surface area contributed by atoms with Crippen LogP contribution in [-0.4, -0.2) is 35.0 Å². The van der Waals surface area contributed by atoms with E-state index in [-0.39, 0.29) is 35.5 Å². The molecule has 0 radical (unpaired) electrons. The van der Waals surface area contributed by atoms with Gasteiger partial charge in [-0.15, -0.1) is 0 Å². The number of piperidine rings is 2. The van der Waals surface area contributed by atoms with E-state index in [1.54, 1.807) is 0 Å². The van der Waals surface area contributed by atoms with Crippen molar-refractivity contribution in [1.29, 1.82) is 0 Å². The van der Waals surface area contributed by atoms with Crippen molar-refractivity contribution in [2.45, 2.75) is 77.9 Å². The van der Waals surface area contributed by atoms with E-state index in [0.717, 1.165) is 43.4 Å². The van der Waals surface area contributed by atoms with Gasteiger partial charge < -0.3 is 15.5 Å². The number of aryl methyl sites for hydroxylation is 1. The second-order valence-electron chi connectivity index (χ2n) is 8.84. The first kappa shape index (κ1) is 18.7. The predicted octanol–water partition coefficient (Wildman–Crippen LogP) is 4.07. The Morgan fingerprint density at radius 1 is 1.12 bits per heavy atom. The van der Waals surface area contributed by atoms with Gasteiger partial charge in [-0.25, -0.2) is 4.79 Å². The van der Waals surface area contributed by atoms with E-state index in [4.69, 9.17) is 0 Å². The minimum absolute atomic E-state index is 0.00843. The zero-order valence-corrected chi connectivity index (χ0v) is 16.3. The summed E-state index contributed by atoms with van der Waals surface area (Å²) < 4.78 is 0. The SMILES string of the molecule is Cc1cccc(NC(=O)N2[C@@H]3CCC[C@H]2CC(NC(=O)C(C)(C)C)C3)c1. The van der Waals surface area contributed by atoms with Crippen LogP contribution in [0.2, 0.25) is 0 Å². The number of benzene rings is 1. The van der Waals surface area contributed by atoms with Crippen LogP contribution in [0.15, 0.2) is 24.3 Å². The maximum atomic E-state index is 12.9. The average Bonchev–Trinajstić information content (AvgIpc) is 2.53. The van der Waals surface area contributed by atoms with Gasteiger partial charge in [0.05, 0.1) is 0 Å². The molecule has 0 aliphatic carbocycles. The molecule has 1 aromatic carbocycles. The number of carbonyl (C=O) groups excluding carboxylic acids is 2. The Morgan fingerprint density at radius 2 is 1.77 bits per heavy atom. The van der Waals surface area contributed by atoms with Crippen molar-refractivity contribution in [2.24, 2.45) is 5.41 Å². The highest BCUT2D eigenvalue weighted by atomic mass is 16.2. The van der Waals surface area contributed by atoms with Crippen LogP contribution in [-0.2, 0) is 4.79 Å². The molecule has 3 atom stereocenters. The molecular formula is C21H31N3O2. The van der Waals surface area contributed by atoms with Crippen molar-refractivity contribution in [2.75, 3.05) is 5.32 Å². The quantitative estimate of drug-likeness (QED) is 0.838. The molecule has 1 aromatic rings. The number of carbonyl (C=O) groups is 2. The van der Waals surface area contributed by atoms with Crippen molar-refractivity contribution in [1.82, 2.24) is 10.2 Å². The van der Waals surface area contributed by atoms with Crippen LogP contribution in [0.5, 0.6) is 0 Å². The second kappa shape index (κ2) is 7.29. The number of nitrogens with zero attached hydrogens (tertiary/aromatic N) is 1. The number of amides is 3. The summed E-state index contributed by atoms with van der Waals surface area (Å²) in [5.41, 5.74) is 1.59. The molecule has 2 aliphatic heterocycles. The molecule has 2 bridgehead atoms. The molecule has 2 saturated heterocycles. The molecular weight excluding hydrogens is 326 g/mol. The Morgan fingerprint density at radius 3 is 2.35 bits per heavy atom. The number of rotatable bonds is 2. The largest absolute Gasteiger partial charge is 0.353 e. The number of urea groups is 1. The fraction of sp³-hybridized carbons (Fsp3) is 0.619. The Labute approximate surface area is 156 Å². The third-order valence-corrected chi connectivity index (χ3v) is 5.49. The number of hydrogen-bond acceptors (Lipinski definition) is 2. The summed E-state index contributed by atoms with van der Waals surface area (Å²) in [5, 5.41) is 6.27. The van der Waals surface area contributed by atoms with E-state index in [1.807, 2.05) is 56.9 Å². The highest BCUT2D eigenvalue weighted by molar-refractivity contribution is 5.90. The first-order valence-corrected chi connectivity index (χ1v) is 9.71. The summed E-state index contributed by atoms with van der Waals surface area (Å²) in [4.78, 5) is 27.3. The summed E-state index contributed by atoms with van der Waals surface area (Å²) in [7, 11) is 0.